The third kappa shape index (κ3) is 4.61. The van der Waals surface area contributed by atoms with Crippen LogP contribution in [0.25, 0.3) is 0 Å². The number of halogens is 4. The molecule has 31 heavy (non-hydrogen) atoms. The van der Waals surface area contributed by atoms with E-state index in [1.165, 1.54) is 6.20 Å². The van der Waals surface area contributed by atoms with Gasteiger partial charge in [-0.05, 0) is 30.2 Å². The average molecular weight is 493 g/mol. The Balaban J connectivity index is 1.60. The van der Waals surface area contributed by atoms with Gasteiger partial charge < -0.3 is 10.6 Å². The summed E-state index contributed by atoms with van der Waals surface area (Å²) in [4.78, 5) is 12.8. The van der Waals surface area contributed by atoms with Crippen molar-refractivity contribution in [1.29, 1.82) is 0 Å². The van der Waals surface area contributed by atoms with E-state index in [1.807, 2.05) is 31.2 Å². The van der Waals surface area contributed by atoms with E-state index in [-0.39, 0.29) is 24.3 Å². The van der Waals surface area contributed by atoms with E-state index < -0.39 is 24.2 Å². The summed E-state index contributed by atoms with van der Waals surface area (Å²) in [6.07, 6.45) is -3.52. The first kappa shape index (κ1) is 21.4. The number of benzene rings is 2. The SMILES string of the molecule is Cc1ccc(CNC(=O)c2cnn3c2N[C@H](c2ccc(Br)cc2)C[C@@H]3C(F)(F)F)cc1. The van der Waals surface area contributed by atoms with Crippen molar-refractivity contribution in [1.82, 2.24) is 15.1 Å². The number of fused-ring (bicyclic) bond motifs is 1. The lowest BCUT2D eigenvalue weighted by Gasteiger charge is -2.34. The van der Waals surface area contributed by atoms with Gasteiger partial charge in [-0.1, -0.05) is 57.9 Å². The van der Waals surface area contributed by atoms with Gasteiger partial charge in [-0.3, -0.25) is 4.79 Å². The molecule has 2 aromatic carbocycles. The van der Waals surface area contributed by atoms with E-state index in [2.05, 4.69) is 31.7 Å². The standard InChI is InChI=1S/C22H20BrF3N4O/c1-13-2-4-14(5-3-13)11-27-21(31)17-12-28-30-19(22(24,25)26)10-18(29-20(17)30)15-6-8-16(23)9-7-15/h2-9,12,18-19,29H,10-11H2,1H3,(H,27,31)/t18-,19+/m0/s1. The van der Waals surface area contributed by atoms with E-state index in [1.54, 1.807) is 24.3 Å². The van der Waals surface area contributed by atoms with E-state index in [4.69, 9.17) is 0 Å². The zero-order valence-electron chi connectivity index (χ0n) is 16.6. The fourth-order valence-electron chi connectivity index (χ4n) is 3.63. The molecule has 162 valence electrons. The molecule has 0 radical (unpaired) electrons. The first-order chi connectivity index (χ1) is 14.7. The molecule has 1 amide bonds. The number of rotatable bonds is 4. The Morgan fingerprint density at radius 3 is 2.52 bits per heavy atom. The van der Waals surface area contributed by atoms with Crippen LogP contribution in [0.5, 0.6) is 0 Å². The average Bonchev–Trinajstić information content (AvgIpc) is 3.16. The minimum absolute atomic E-state index is 0.0721. The van der Waals surface area contributed by atoms with E-state index in [0.29, 0.717) is 5.56 Å². The van der Waals surface area contributed by atoms with Crippen LogP contribution in [0.1, 0.15) is 45.6 Å². The molecule has 4 rings (SSSR count). The van der Waals surface area contributed by atoms with Gasteiger partial charge in [0.2, 0.25) is 0 Å². The molecule has 0 saturated heterocycles. The van der Waals surface area contributed by atoms with Crippen LogP contribution in [0.4, 0.5) is 19.0 Å². The summed E-state index contributed by atoms with van der Waals surface area (Å²) in [7, 11) is 0. The Labute approximate surface area is 185 Å². The van der Waals surface area contributed by atoms with E-state index >= 15 is 0 Å². The third-order valence-corrected chi connectivity index (χ3v) is 5.86. The van der Waals surface area contributed by atoms with Crippen molar-refractivity contribution in [2.24, 2.45) is 0 Å². The van der Waals surface area contributed by atoms with Crippen molar-refractivity contribution in [3.05, 3.63) is 81.5 Å². The number of hydrogen-bond donors (Lipinski definition) is 2. The Bertz CT molecular complexity index is 1080. The molecule has 1 aliphatic rings. The van der Waals surface area contributed by atoms with Crippen LogP contribution in [-0.4, -0.2) is 21.9 Å². The predicted molar refractivity (Wildman–Crippen MR) is 115 cm³/mol. The monoisotopic (exact) mass is 492 g/mol. The van der Waals surface area contributed by atoms with Crippen LogP contribution in [-0.2, 0) is 6.54 Å². The summed E-state index contributed by atoms with van der Waals surface area (Å²) in [5, 5.41) is 9.76. The number of amides is 1. The highest BCUT2D eigenvalue weighted by molar-refractivity contribution is 9.10. The number of aryl methyl sites for hydroxylation is 1. The lowest BCUT2D eigenvalue weighted by Crippen LogP contribution is -2.36. The van der Waals surface area contributed by atoms with Crippen LogP contribution in [0.15, 0.2) is 59.2 Å². The molecule has 9 heteroatoms. The van der Waals surface area contributed by atoms with Crippen molar-refractivity contribution < 1.29 is 18.0 Å². The number of hydrogen-bond acceptors (Lipinski definition) is 3. The van der Waals surface area contributed by atoms with Crippen LogP contribution in [0, 0.1) is 6.92 Å². The second kappa shape index (κ2) is 8.37. The quantitative estimate of drug-likeness (QED) is 0.502. The van der Waals surface area contributed by atoms with Gasteiger partial charge in [-0.2, -0.15) is 18.3 Å². The molecule has 2 N–H and O–H groups in total. The molecule has 5 nitrogen and oxygen atoms in total. The Morgan fingerprint density at radius 1 is 1.19 bits per heavy atom. The number of carbonyl (C=O) groups is 1. The van der Waals surface area contributed by atoms with Crippen molar-refractivity contribution in [2.45, 2.75) is 38.1 Å². The molecule has 0 spiro atoms. The minimum Gasteiger partial charge on any atom is -0.363 e. The fourth-order valence-corrected chi connectivity index (χ4v) is 3.89. The molecular weight excluding hydrogens is 473 g/mol. The number of aromatic nitrogens is 2. The van der Waals surface area contributed by atoms with Gasteiger partial charge in [0, 0.05) is 17.4 Å². The van der Waals surface area contributed by atoms with Gasteiger partial charge in [0.1, 0.15) is 11.4 Å². The lowest BCUT2D eigenvalue weighted by atomic mass is 9.96. The molecule has 1 aliphatic heterocycles. The minimum atomic E-state index is -4.49. The van der Waals surface area contributed by atoms with E-state index in [9.17, 15) is 18.0 Å². The topological polar surface area (TPSA) is 59.0 Å². The maximum absolute atomic E-state index is 13.8. The molecule has 2 atom stereocenters. The predicted octanol–water partition coefficient (Wildman–Crippen LogP) is 5.54. The zero-order valence-corrected chi connectivity index (χ0v) is 18.2. The number of nitrogens with zero attached hydrogens (tertiary/aromatic N) is 2. The Hall–Kier alpha value is -2.81. The molecule has 1 aromatic heterocycles. The molecule has 3 aromatic rings. The van der Waals surface area contributed by atoms with Gasteiger partial charge in [0.25, 0.3) is 5.91 Å². The van der Waals surface area contributed by atoms with Gasteiger partial charge in [-0.15, -0.1) is 0 Å². The zero-order chi connectivity index (χ0) is 22.2. The Morgan fingerprint density at radius 2 is 1.87 bits per heavy atom. The maximum atomic E-state index is 13.8. The summed E-state index contributed by atoms with van der Waals surface area (Å²) in [6, 6.07) is 12.3. The normalized spacial score (nSPS) is 18.2. The van der Waals surface area contributed by atoms with Crippen LogP contribution >= 0.6 is 15.9 Å². The van der Waals surface area contributed by atoms with Crippen molar-refractivity contribution in [2.75, 3.05) is 5.32 Å². The fraction of sp³-hybridized carbons (Fsp3) is 0.273. The van der Waals surface area contributed by atoms with Crippen LogP contribution < -0.4 is 10.6 Å². The number of nitrogens with one attached hydrogen (secondary N) is 2. The molecule has 2 heterocycles. The molecule has 0 unspecified atom stereocenters. The third-order valence-electron chi connectivity index (χ3n) is 5.33. The summed E-state index contributed by atoms with van der Waals surface area (Å²) in [5.41, 5.74) is 2.79. The smallest absolute Gasteiger partial charge is 0.363 e. The second-order valence-electron chi connectivity index (χ2n) is 7.56. The second-order valence-corrected chi connectivity index (χ2v) is 8.48. The van der Waals surface area contributed by atoms with Gasteiger partial charge in [0.15, 0.2) is 6.04 Å². The number of carbonyl (C=O) groups excluding carboxylic acids is 1. The summed E-state index contributed by atoms with van der Waals surface area (Å²) in [5.74, 6) is -0.408. The molecule has 0 bridgehead atoms. The molecule has 0 aliphatic carbocycles. The maximum Gasteiger partial charge on any atom is 0.410 e. The Kier molecular flexibility index (Phi) is 5.79. The largest absolute Gasteiger partial charge is 0.410 e. The van der Waals surface area contributed by atoms with Crippen molar-refractivity contribution in [3.8, 4) is 0 Å². The highest BCUT2D eigenvalue weighted by Crippen LogP contribution is 2.44. The van der Waals surface area contributed by atoms with Crippen LogP contribution in [0.3, 0.4) is 0 Å². The molecule has 0 fully saturated rings. The van der Waals surface area contributed by atoms with Gasteiger partial charge in [-0.25, -0.2) is 4.68 Å². The summed E-state index contributed by atoms with van der Waals surface area (Å²) < 4.78 is 43.1. The first-order valence-electron chi connectivity index (χ1n) is 9.72. The van der Waals surface area contributed by atoms with Gasteiger partial charge >= 0.3 is 6.18 Å². The highest BCUT2D eigenvalue weighted by Gasteiger charge is 2.47. The summed E-state index contributed by atoms with van der Waals surface area (Å²) >= 11 is 3.34. The molecule has 0 saturated carbocycles. The first-order valence-corrected chi connectivity index (χ1v) is 10.5. The number of alkyl halides is 3. The van der Waals surface area contributed by atoms with E-state index in [0.717, 1.165) is 20.3 Å². The van der Waals surface area contributed by atoms with Crippen molar-refractivity contribution in [3.63, 3.8) is 0 Å². The summed E-state index contributed by atoms with van der Waals surface area (Å²) in [6.45, 7) is 2.23. The number of anilines is 1. The highest BCUT2D eigenvalue weighted by atomic mass is 79.9. The van der Waals surface area contributed by atoms with Crippen LogP contribution in [0.2, 0.25) is 0 Å². The van der Waals surface area contributed by atoms with Crippen molar-refractivity contribution >= 4 is 27.7 Å². The lowest BCUT2D eigenvalue weighted by molar-refractivity contribution is -0.173. The molecular formula is C22H20BrF3N4O. The van der Waals surface area contributed by atoms with Gasteiger partial charge in [0.05, 0.1) is 12.2 Å².